The molecule has 0 aliphatic heterocycles. The quantitative estimate of drug-likeness (QED) is 0.843. The molecule has 1 unspecified atom stereocenters. The second-order valence-electron chi connectivity index (χ2n) is 4.17. The molecule has 1 amide bonds. The van der Waals surface area contributed by atoms with Crippen molar-refractivity contribution in [2.75, 3.05) is 12.0 Å². The predicted octanol–water partition coefficient (Wildman–Crippen LogP) is 2.71. The second kappa shape index (κ2) is 7.81. The van der Waals surface area contributed by atoms with E-state index >= 15 is 0 Å². The van der Waals surface area contributed by atoms with E-state index in [2.05, 4.69) is 21.2 Å². The average molecular weight is 331 g/mol. The van der Waals surface area contributed by atoms with Gasteiger partial charge in [0.1, 0.15) is 0 Å². The molecule has 1 aromatic carbocycles. The van der Waals surface area contributed by atoms with Crippen molar-refractivity contribution in [3.8, 4) is 0 Å². The first-order valence-electron chi connectivity index (χ1n) is 5.85. The standard InChI is InChI=1S/C13H19BrN2OS/c1-9(10-3-5-11(14)6-4-10)16-13(17)12(15)7-8-18-2/h3-6,9,12H,7-8,15H2,1-2H3,(H,16,17)/t9?,12-/m0/s1. The molecule has 2 atom stereocenters. The van der Waals surface area contributed by atoms with Gasteiger partial charge in [0.25, 0.3) is 0 Å². The number of nitrogens with one attached hydrogen (secondary N) is 1. The molecular formula is C13H19BrN2OS. The Hall–Kier alpha value is -0.520. The second-order valence-corrected chi connectivity index (χ2v) is 6.07. The first-order chi connectivity index (χ1) is 8.54. The van der Waals surface area contributed by atoms with E-state index in [0.717, 1.165) is 15.8 Å². The van der Waals surface area contributed by atoms with Gasteiger partial charge in [-0.15, -0.1) is 0 Å². The van der Waals surface area contributed by atoms with Crippen LogP contribution in [0.25, 0.3) is 0 Å². The Balaban J connectivity index is 2.51. The van der Waals surface area contributed by atoms with E-state index in [1.54, 1.807) is 11.8 Å². The zero-order chi connectivity index (χ0) is 13.5. The largest absolute Gasteiger partial charge is 0.348 e. The van der Waals surface area contributed by atoms with Crippen molar-refractivity contribution in [2.24, 2.45) is 5.73 Å². The van der Waals surface area contributed by atoms with Gasteiger partial charge < -0.3 is 11.1 Å². The summed E-state index contributed by atoms with van der Waals surface area (Å²) in [7, 11) is 0. The Labute approximate surface area is 121 Å². The summed E-state index contributed by atoms with van der Waals surface area (Å²) in [5.41, 5.74) is 6.89. The smallest absolute Gasteiger partial charge is 0.237 e. The number of amides is 1. The van der Waals surface area contributed by atoms with Crippen LogP contribution in [0.3, 0.4) is 0 Å². The minimum Gasteiger partial charge on any atom is -0.348 e. The lowest BCUT2D eigenvalue weighted by molar-refractivity contribution is -0.123. The van der Waals surface area contributed by atoms with Crippen molar-refractivity contribution in [3.63, 3.8) is 0 Å². The highest BCUT2D eigenvalue weighted by Gasteiger charge is 2.15. The molecule has 0 saturated carbocycles. The molecule has 0 bridgehead atoms. The van der Waals surface area contributed by atoms with Crippen LogP contribution in [0.5, 0.6) is 0 Å². The summed E-state index contributed by atoms with van der Waals surface area (Å²) in [5.74, 6) is 0.820. The highest BCUT2D eigenvalue weighted by molar-refractivity contribution is 9.10. The van der Waals surface area contributed by atoms with Crippen LogP contribution in [0.4, 0.5) is 0 Å². The van der Waals surface area contributed by atoms with Crippen LogP contribution < -0.4 is 11.1 Å². The molecule has 0 heterocycles. The number of halogens is 1. The van der Waals surface area contributed by atoms with Gasteiger partial charge >= 0.3 is 0 Å². The third-order valence-corrected chi connectivity index (χ3v) is 3.87. The SMILES string of the molecule is CSCC[C@H](N)C(=O)NC(C)c1ccc(Br)cc1. The van der Waals surface area contributed by atoms with E-state index < -0.39 is 6.04 Å². The highest BCUT2D eigenvalue weighted by atomic mass is 79.9. The van der Waals surface area contributed by atoms with E-state index in [0.29, 0.717) is 6.42 Å². The van der Waals surface area contributed by atoms with Crippen LogP contribution in [0.1, 0.15) is 24.9 Å². The van der Waals surface area contributed by atoms with E-state index in [1.165, 1.54) is 0 Å². The molecule has 0 saturated heterocycles. The lowest BCUT2D eigenvalue weighted by atomic mass is 10.1. The molecule has 100 valence electrons. The lowest BCUT2D eigenvalue weighted by Crippen LogP contribution is -2.41. The minimum absolute atomic E-state index is 0.0223. The van der Waals surface area contributed by atoms with E-state index in [-0.39, 0.29) is 11.9 Å². The van der Waals surface area contributed by atoms with Crippen LogP contribution in [0.15, 0.2) is 28.7 Å². The molecule has 0 aliphatic rings. The summed E-state index contributed by atoms with van der Waals surface area (Å²) in [6, 6.07) is 7.46. The summed E-state index contributed by atoms with van der Waals surface area (Å²) in [5, 5.41) is 2.94. The molecule has 0 radical (unpaired) electrons. The maximum absolute atomic E-state index is 11.8. The summed E-state index contributed by atoms with van der Waals surface area (Å²) in [6.45, 7) is 1.96. The van der Waals surface area contributed by atoms with Crippen LogP contribution in [0.2, 0.25) is 0 Å². The molecule has 3 N–H and O–H groups in total. The fraction of sp³-hybridized carbons (Fsp3) is 0.462. The molecule has 0 aromatic heterocycles. The molecule has 0 fully saturated rings. The van der Waals surface area contributed by atoms with Gasteiger partial charge in [0, 0.05) is 4.47 Å². The van der Waals surface area contributed by atoms with Crippen LogP contribution in [-0.4, -0.2) is 24.0 Å². The number of carbonyl (C=O) groups is 1. The van der Waals surface area contributed by atoms with Crippen molar-refractivity contribution >= 4 is 33.6 Å². The molecule has 3 nitrogen and oxygen atoms in total. The number of hydrogen-bond donors (Lipinski definition) is 2. The number of carbonyl (C=O) groups excluding carboxylic acids is 1. The molecule has 5 heteroatoms. The van der Waals surface area contributed by atoms with Gasteiger partial charge in [0.05, 0.1) is 12.1 Å². The molecule has 1 aromatic rings. The predicted molar refractivity (Wildman–Crippen MR) is 81.7 cm³/mol. The topological polar surface area (TPSA) is 55.1 Å². The van der Waals surface area contributed by atoms with Gasteiger partial charge in [0.15, 0.2) is 0 Å². The number of benzene rings is 1. The van der Waals surface area contributed by atoms with Crippen LogP contribution >= 0.6 is 27.7 Å². The van der Waals surface area contributed by atoms with E-state index in [1.807, 2.05) is 37.4 Å². The Morgan fingerprint density at radius 3 is 2.61 bits per heavy atom. The third kappa shape index (κ3) is 5.00. The van der Waals surface area contributed by atoms with Crippen LogP contribution in [-0.2, 0) is 4.79 Å². The molecule has 1 rings (SSSR count). The first kappa shape index (κ1) is 15.5. The van der Waals surface area contributed by atoms with Gasteiger partial charge in [-0.25, -0.2) is 0 Å². The monoisotopic (exact) mass is 330 g/mol. The fourth-order valence-electron chi connectivity index (χ4n) is 1.53. The summed E-state index contributed by atoms with van der Waals surface area (Å²) >= 11 is 5.09. The van der Waals surface area contributed by atoms with E-state index in [9.17, 15) is 4.79 Å². The van der Waals surface area contributed by atoms with Gasteiger partial charge in [-0.3, -0.25) is 4.79 Å². The highest BCUT2D eigenvalue weighted by Crippen LogP contribution is 2.16. The molecular weight excluding hydrogens is 312 g/mol. The van der Waals surface area contributed by atoms with Crippen molar-refractivity contribution in [3.05, 3.63) is 34.3 Å². The number of nitrogens with two attached hydrogens (primary N) is 1. The maximum Gasteiger partial charge on any atom is 0.237 e. The Bertz CT molecular complexity index is 383. The maximum atomic E-state index is 11.8. The Morgan fingerprint density at radius 2 is 2.06 bits per heavy atom. The van der Waals surface area contributed by atoms with Crippen molar-refractivity contribution < 1.29 is 4.79 Å². The van der Waals surface area contributed by atoms with Gasteiger partial charge in [-0.2, -0.15) is 11.8 Å². The summed E-state index contributed by atoms with van der Waals surface area (Å²) in [4.78, 5) is 11.8. The Kier molecular flexibility index (Phi) is 6.75. The van der Waals surface area contributed by atoms with E-state index in [4.69, 9.17) is 5.73 Å². The van der Waals surface area contributed by atoms with Crippen LogP contribution in [0, 0.1) is 0 Å². The number of thioether (sulfide) groups is 1. The molecule has 0 aliphatic carbocycles. The number of hydrogen-bond acceptors (Lipinski definition) is 3. The Morgan fingerprint density at radius 1 is 1.44 bits per heavy atom. The summed E-state index contributed by atoms with van der Waals surface area (Å²) < 4.78 is 1.03. The van der Waals surface area contributed by atoms with Gasteiger partial charge in [-0.1, -0.05) is 28.1 Å². The minimum atomic E-state index is -0.421. The third-order valence-electron chi connectivity index (χ3n) is 2.70. The summed E-state index contributed by atoms with van der Waals surface area (Å²) in [6.07, 6.45) is 2.72. The fourth-order valence-corrected chi connectivity index (χ4v) is 2.29. The molecule has 0 spiro atoms. The zero-order valence-corrected chi connectivity index (χ0v) is 13.1. The average Bonchev–Trinajstić information content (AvgIpc) is 2.36. The first-order valence-corrected chi connectivity index (χ1v) is 8.03. The van der Waals surface area contributed by atoms with Crippen molar-refractivity contribution in [2.45, 2.75) is 25.4 Å². The van der Waals surface area contributed by atoms with Gasteiger partial charge in [-0.05, 0) is 43.0 Å². The zero-order valence-electron chi connectivity index (χ0n) is 10.7. The van der Waals surface area contributed by atoms with Crippen molar-refractivity contribution in [1.82, 2.24) is 5.32 Å². The molecule has 18 heavy (non-hydrogen) atoms. The lowest BCUT2D eigenvalue weighted by Gasteiger charge is -2.17. The normalized spacial score (nSPS) is 14.0. The van der Waals surface area contributed by atoms with Gasteiger partial charge in [0.2, 0.25) is 5.91 Å². The number of rotatable bonds is 6. The van der Waals surface area contributed by atoms with Crippen molar-refractivity contribution in [1.29, 1.82) is 0 Å².